The molecule has 1 fully saturated rings. The van der Waals surface area contributed by atoms with Gasteiger partial charge < -0.3 is 9.63 Å². The summed E-state index contributed by atoms with van der Waals surface area (Å²) in [6, 6.07) is 1.74. The van der Waals surface area contributed by atoms with E-state index < -0.39 is 0 Å². The molecule has 1 N–H and O–H groups in total. The molecule has 1 atom stereocenters. The molecule has 0 amide bonds. The molecule has 6 nitrogen and oxygen atoms in total. The van der Waals surface area contributed by atoms with Crippen LogP contribution in [0.25, 0.3) is 11.5 Å². The molecule has 1 saturated heterocycles. The molecular weight excluding hydrogens is 264 g/mol. The summed E-state index contributed by atoms with van der Waals surface area (Å²) >= 11 is 1.89. The quantitative estimate of drug-likeness (QED) is 0.893. The molecule has 100 valence electrons. The van der Waals surface area contributed by atoms with Gasteiger partial charge in [-0.25, -0.2) is 0 Å². The van der Waals surface area contributed by atoms with Crippen molar-refractivity contribution in [2.45, 2.75) is 6.04 Å². The van der Waals surface area contributed by atoms with E-state index in [1.165, 1.54) is 6.20 Å². The summed E-state index contributed by atoms with van der Waals surface area (Å²) in [5.41, 5.74) is 0.630. The first-order chi connectivity index (χ1) is 9.24. The lowest BCUT2D eigenvalue weighted by Crippen LogP contribution is -2.33. The van der Waals surface area contributed by atoms with Crippen LogP contribution in [0, 0.1) is 0 Å². The Bertz CT molecular complexity index is 574. The van der Waals surface area contributed by atoms with Crippen molar-refractivity contribution < 1.29 is 9.63 Å². The summed E-state index contributed by atoms with van der Waals surface area (Å²) in [4.78, 5) is 10.5. The third kappa shape index (κ3) is 2.57. The van der Waals surface area contributed by atoms with Crippen LogP contribution in [0.2, 0.25) is 0 Å². The van der Waals surface area contributed by atoms with Gasteiger partial charge in [-0.2, -0.15) is 16.7 Å². The van der Waals surface area contributed by atoms with Gasteiger partial charge in [-0.15, -0.1) is 0 Å². The van der Waals surface area contributed by atoms with E-state index >= 15 is 0 Å². The topological polar surface area (TPSA) is 75.3 Å². The largest absolute Gasteiger partial charge is 0.506 e. The lowest BCUT2D eigenvalue weighted by atomic mass is 10.2. The summed E-state index contributed by atoms with van der Waals surface area (Å²) < 4.78 is 5.26. The minimum absolute atomic E-state index is 0.0857. The smallest absolute Gasteiger partial charge is 0.259 e. The second kappa shape index (κ2) is 5.18. The molecule has 2 aromatic rings. The van der Waals surface area contributed by atoms with Gasteiger partial charge in [-0.1, -0.05) is 5.16 Å². The number of aromatic hydroxyl groups is 1. The van der Waals surface area contributed by atoms with Gasteiger partial charge in [0.1, 0.15) is 5.75 Å². The van der Waals surface area contributed by atoms with Gasteiger partial charge in [0, 0.05) is 24.2 Å². The van der Waals surface area contributed by atoms with Crippen LogP contribution in [0.5, 0.6) is 5.75 Å². The zero-order valence-corrected chi connectivity index (χ0v) is 11.3. The van der Waals surface area contributed by atoms with Gasteiger partial charge in [-0.3, -0.25) is 9.88 Å². The van der Waals surface area contributed by atoms with Crippen LogP contribution in [0.1, 0.15) is 11.9 Å². The summed E-state index contributed by atoms with van der Waals surface area (Å²) in [5, 5.41) is 13.5. The summed E-state index contributed by atoms with van der Waals surface area (Å²) in [5.74, 6) is 3.26. The van der Waals surface area contributed by atoms with Crippen LogP contribution in [-0.2, 0) is 0 Å². The molecule has 0 spiro atoms. The van der Waals surface area contributed by atoms with Crippen LogP contribution in [-0.4, -0.2) is 50.2 Å². The van der Waals surface area contributed by atoms with Crippen LogP contribution in [0.15, 0.2) is 23.0 Å². The second-order valence-corrected chi connectivity index (χ2v) is 5.61. The third-order valence-electron chi connectivity index (χ3n) is 3.11. The molecule has 1 aliphatic rings. The fraction of sp³-hybridized carbons (Fsp3) is 0.417. The Labute approximate surface area is 114 Å². The highest BCUT2D eigenvalue weighted by Gasteiger charge is 2.26. The summed E-state index contributed by atoms with van der Waals surface area (Å²) in [6.45, 7) is 1.02. The van der Waals surface area contributed by atoms with Crippen LogP contribution in [0.4, 0.5) is 0 Å². The van der Waals surface area contributed by atoms with E-state index in [-0.39, 0.29) is 11.8 Å². The van der Waals surface area contributed by atoms with E-state index in [4.69, 9.17) is 4.52 Å². The van der Waals surface area contributed by atoms with Gasteiger partial charge >= 0.3 is 0 Å². The highest BCUT2D eigenvalue weighted by molar-refractivity contribution is 7.99. The van der Waals surface area contributed by atoms with Crippen molar-refractivity contribution in [3.8, 4) is 17.2 Å². The van der Waals surface area contributed by atoms with Crippen molar-refractivity contribution in [3.63, 3.8) is 0 Å². The molecule has 1 aliphatic heterocycles. The molecule has 7 heteroatoms. The summed E-state index contributed by atoms with van der Waals surface area (Å²) in [7, 11) is 2.07. The van der Waals surface area contributed by atoms with Crippen LogP contribution < -0.4 is 0 Å². The van der Waals surface area contributed by atoms with E-state index in [1.54, 1.807) is 12.3 Å². The molecule has 2 aromatic heterocycles. The van der Waals surface area contributed by atoms with Crippen molar-refractivity contribution in [3.05, 3.63) is 24.3 Å². The first kappa shape index (κ1) is 12.4. The van der Waals surface area contributed by atoms with E-state index in [9.17, 15) is 5.11 Å². The molecule has 0 aromatic carbocycles. The Kier molecular flexibility index (Phi) is 3.39. The number of hydrogen-bond acceptors (Lipinski definition) is 7. The molecular formula is C12H14N4O2S. The fourth-order valence-electron chi connectivity index (χ4n) is 1.99. The zero-order valence-electron chi connectivity index (χ0n) is 10.5. The number of aromatic nitrogens is 3. The van der Waals surface area contributed by atoms with Crippen LogP contribution in [0.3, 0.4) is 0 Å². The standard InChI is InChI=1S/C12H14N4O2S/c1-16-2-3-19-7-10(16)11-14-12(18-15-11)8-4-9(17)6-13-5-8/h4-6,10,17H,2-3,7H2,1H3. The number of hydrogen-bond donors (Lipinski definition) is 1. The van der Waals surface area contributed by atoms with Crippen molar-refractivity contribution in [2.75, 3.05) is 25.1 Å². The predicted octanol–water partition coefficient (Wildman–Crippen LogP) is 1.56. The van der Waals surface area contributed by atoms with Gasteiger partial charge in [-0.05, 0) is 13.1 Å². The maximum absolute atomic E-state index is 9.41. The van der Waals surface area contributed by atoms with E-state index in [1.807, 2.05) is 11.8 Å². The van der Waals surface area contributed by atoms with Crippen molar-refractivity contribution in [2.24, 2.45) is 0 Å². The first-order valence-corrected chi connectivity index (χ1v) is 7.15. The molecule has 0 bridgehead atoms. The van der Waals surface area contributed by atoms with E-state index in [0.29, 0.717) is 17.3 Å². The Hall–Kier alpha value is -1.60. The first-order valence-electron chi connectivity index (χ1n) is 6.00. The van der Waals surface area contributed by atoms with E-state index in [0.717, 1.165) is 18.1 Å². The Morgan fingerprint density at radius 1 is 1.47 bits per heavy atom. The number of nitrogens with zero attached hydrogens (tertiary/aromatic N) is 4. The van der Waals surface area contributed by atoms with Gasteiger partial charge in [0.05, 0.1) is 17.8 Å². The Morgan fingerprint density at radius 2 is 2.37 bits per heavy atom. The minimum Gasteiger partial charge on any atom is -0.506 e. The Morgan fingerprint density at radius 3 is 3.16 bits per heavy atom. The lowest BCUT2D eigenvalue weighted by molar-refractivity contribution is 0.257. The summed E-state index contributed by atoms with van der Waals surface area (Å²) in [6.07, 6.45) is 2.96. The third-order valence-corrected chi connectivity index (χ3v) is 4.13. The van der Waals surface area contributed by atoms with Crippen molar-refractivity contribution >= 4 is 11.8 Å². The normalized spacial score (nSPS) is 20.6. The highest BCUT2D eigenvalue weighted by atomic mass is 32.2. The molecule has 0 aliphatic carbocycles. The molecule has 0 radical (unpaired) electrons. The minimum atomic E-state index is 0.0857. The maximum atomic E-state index is 9.41. The highest BCUT2D eigenvalue weighted by Crippen LogP contribution is 2.28. The van der Waals surface area contributed by atoms with E-state index in [2.05, 4.69) is 27.1 Å². The van der Waals surface area contributed by atoms with Crippen LogP contribution >= 0.6 is 11.8 Å². The van der Waals surface area contributed by atoms with Crippen molar-refractivity contribution in [1.82, 2.24) is 20.0 Å². The SMILES string of the molecule is CN1CCSCC1c1noc(-c2cncc(O)c2)n1. The zero-order chi connectivity index (χ0) is 13.2. The molecule has 3 rings (SSSR count). The number of pyridine rings is 1. The maximum Gasteiger partial charge on any atom is 0.259 e. The monoisotopic (exact) mass is 278 g/mol. The van der Waals surface area contributed by atoms with Gasteiger partial charge in [0.2, 0.25) is 0 Å². The molecule has 3 heterocycles. The van der Waals surface area contributed by atoms with Gasteiger partial charge in [0.15, 0.2) is 5.82 Å². The van der Waals surface area contributed by atoms with Gasteiger partial charge in [0.25, 0.3) is 5.89 Å². The van der Waals surface area contributed by atoms with Crippen molar-refractivity contribution in [1.29, 1.82) is 0 Å². The fourth-order valence-corrected chi connectivity index (χ4v) is 3.20. The average molecular weight is 278 g/mol. The Balaban J connectivity index is 1.86. The number of thioether (sulfide) groups is 1. The average Bonchev–Trinajstić information content (AvgIpc) is 2.89. The predicted molar refractivity (Wildman–Crippen MR) is 71.9 cm³/mol. The molecule has 0 saturated carbocycles. The lowest BCUT2D eigenvalue weighted by Gasteiger charge is -2.29. The molecule has 19 heavy (non-hydrogen) atoms. The number of rotatable bonds is 2. The molecule has 1 unspecified atom stereocenters. The second-order valence-electron chi connectivity index (χ2n) is 4.46.